The van der Waals surface area contributed by atoms with Crippen LogP contribution in [-0.4, -0.2) is 9.97 Å². The van der Waals surface area contributed by atoms with E-state index in [-0.39, 0.29) is 0 Å². The minimum Gasteiger partial charge on any atom is -0.244 e. The molecule has 97 valence electrons. The highest BCUT2D eigenvalue weighted by Crippen LogP contribution is 2.23. The SMILES string of the molecule is Clc1ccccc1[CH]c1ccc(-c2cncnc2)cc1. The maximum atomic E-state index is 6.15. The van der Waals surface area contributed by atoms with E-state index in [1.165, 1.54) is 6.33 Å². The Morgan fingerprint density at radius 3 is 2.20 bits per heavy atom. The van der Waals surface area contributed by atoms with Gasteiger partial charge in [0.2, 0.25) is 0 Å². The number of hydrogen-bond donors (Lipinski definition) is 0. The fourth-order valence-electron chi connectivity index (χ4n) is 1.99. The first kappa shape index (κ1) is 12.8. The van der Waals surface area contributed by atoms with Gasteiger partial charge in [0.15, 0.2) is 0 Å². The van der Waals surface area contributed by atoms with Gasteiger partial charge >= 0.3 is 0 Å². The number of halogens is 1. The topological polar surface area (TPSA) is 25.8 Å². The lowest BCUT2D eigenvalue weighted by atomic mass is 10.0. The summed E-state index contributed by atoms with van der Waals surface area (Å²) in [5.74, 6) is 0. The van der Waals surface area contributed by atoms with Crippen molar-refractivity contribution in [2.45, 2.75) is 0 Å². The maximum absolute atomic E-state index is 6.15. The zero-order valence-corrected chi connectivity index (χ0v) is 11.5. The van der Waals surface area contributed by atoms with E-state index < -0.39 is 0 Å². The van der Waals surface area contributed by atoms with Gasteiger partial charge in [-0.2, -0.15) is 0 Å². The van der Waals surface area contributed by atoms with E-state index in [1.807, 2.05) is 24.3 Å². The summed E-state index contributed by atoms with van der Waals surface area (Å²) in [5, 5.41) is 0.757. The van der Waals surface area contributed by atoms with E-state index in [9.17, 15) is 0 Å². The van der Waals surface area contributed by atoms with Crippen molar-refractivity contribution in [1.82, 2.24) is 9.97 Å². The third kappa shape index (κ3) is 2.86. The Morgan fingerprint density at radius 1 is 0.800 bits per heavy atom. The first-order chi connectivity index (χ1) is 9.83. The average Bonchev–Trinajstić information content (AvgIpc) is 2.51. The van der Waals surface area contributed by atoms with Crippen LogP contribution in [0, 0.1) is 6.42 Å². The zero-order chi connectivity index (χ0) is 13.8. The number of aromatic nitrogens is 2. The molecular weight excluding hydrogens is 268 g/mol. The van der Waals surface area contributed by atoms with Crippen LogP contribution in [0.2, 0.25) is 5.02 Å². The van der Waals surface area contributed by atoms with Gasteiger partial charge in [0.1, 0.15) is 6.33 Å². The molecule has 0 saturated carbocycles. The van der Waals surface area contributed by atoms with Gasteiger partial charge in [-0.15, -0.1) is 0 Å². The first-order valence-electron chi connectivity index (χ1n) is 6.28. The van der Waals surface area contributed by atoms with E-state index in [0.717, 1.165) is 27.3 Å². The minimum atomic E-state index is 0.757. The fraction of sp³-hybridized carbons (Fsp3) is 0. The summed E-state index contributed by atoms with van der Waals surface area (Å²) in [4.78, 5) is 8.05. The van der Waals surface area contributed by atoms with Crippen LogP contribution in [0.4, 0.5) is 0 Å². The number of hydrogen-bond acceptors (Lipinski definition) is 2. The van der Waals surface area contributed by atoms with Crippen LogP contribution in [0.1, 0.15) is 11.1 Å². The van der Waals surface area contributed by atoms with Gasteiger partial charge in [-0.1, -0.05) is 54.1 Å². The van der Waals surface area contributed by atoms with Crippen LogP contribution in [0.3, 0.4) is 0 Å². The number of nitrogens with zero attached hydrogens (tertiary/aromatic N) is 2. The molecular formula is C17H12ClN2. The molecule has 0 N–H and O–H groups in total. The van der Waals surface area contributed by atoms with E-state index >= 15 is 0 Å². The van der Waals surface area contributed by atoms with Gasteiger partial charge in [-0.3, -0.25) is 0 Å². The molecule has 2 nitrogen and oxygen atoms in total. The Morgan fingerprint density at radius 2 is 1.50 bits per heavy atom. The molecule has 0 spiro atoms. The highest BCUT2D eigenvalue weighted by atomic mass is 35.5. The van der Waals surface area contributed by atoms with Gasteiger partial charge in [-0.05, 0) is 22.8 Å². The lowest BCUT2D eigenvalue weighted by Gasteiger charge is -2.05. The maximum Gasteiger partial charge on any atom is 0.115 e. The van der Waals surface area contributed by atoms with E-state index in [4.69, 9.17) is 11.6 Å². The van der Waals surface area contributed by atoms with Crippen LogP contribution in [0.25, 0.3) is 11.1 Å². The number of benzene rings is 2. The molecule has 1 heterocycles. The molecule has 20 heavy (non-hydrogen) atoms. The van der Waals surface area contributed by atoms with Gasteiger partial charge < -0.3 is 0 Å². The van der Waals surface area contributed by atoms with Crippen LogP contribution in [0.5, 0.6) is 0 Å². The van der Waals surface area contributed by atoms with Crippen molar-refractivity contribution >= 4 is 11.6 Å². The lowest BCUT2D eigenvalue weighted by molar-refractivity contribution is 1.17. The van der Waals surface area contributed by atoms with Crippen molar-refractivity contribution in [2.75, 3.05) is 0 Å². The van der Waals surface area contributed by atoms with Crippen molar-refractivity contribution in [1.29, 1.82) is 0 Å². The smallest absolute Gasteiger partial charge is 0.115 e. The molecule has 0 aliphatic heterocycles. The molecule has 1 aromatic heterocycles. The summed E-state index contributed by atoms with van der Waals surface area (Å²) in [6.45, 7) is 0. The highest BCUT2D eigenvalue weighted by Gasteiger charge is 2.02. The molecule has 0 aliphatic rings. The molecule has 0 unspecified atom stereocenters. The second-order valence-electron chi connectivity index (χ2n) is 4.42. The molecule has 0 amide bonds. The van der Waals surface area contributed by atoms with Gasteiger partial charge in [-0.25, -0.2) is 9.97 Å². The van der Waals surface area contributed by atoms with E-state index in [1.54, 1.807) is 12.4 Å². The van der Waals surface area contributed by atoms with E-state index in [0.29, 0.717) is 0 Å². The lowest BCUT2D eigenvalue weighted by Crippen LogP contribution is -1.87. The summed E-state index contributed by atoms with van der Waals surface area (Å²) < 4.78 is 0. The van der Waals surface area contributed by atoms with Crippen molar-refractivity contribution in [3.8, 4) is 11.1 Å². The van der Waals surface area contributed by atoms with Crippen LogP contribution < -0.4 is 0 Å². The second-order valence-corrected chi connectivity index (χ2v) is 4.82. The summed E-state index contributed by atoms with van der Waals surface area (Å²) in [5.41, 5.74) is 4.24. The van der Waals surface area contributed by atoms with Crippen molar-refractivity contribution in [3.63, 3.8) is 0 Å². The third-order valence-corrected chi connectivity index (χ3v) is 3.38. The number of rotatable bonds is 3. The molecule has 2 aromatic carbocycles. The summed E-state index contributed by atoms with van der Waals surface area (Å²) in [7, 11) is 0. The standard InChI is InChI=1S/C17H12ClN2/c18-17-4-2-1-3-15(17)9-13-5-7-14(8-6-13)16-10-19-12-20-11-16/h1-12H. The monoisotopic (exact) mass is 279 g/mol. The zero-order valence-electron chi connectivity index (χ0n) is 10.7. The summed E-state index contributed by atoms with van der Waals surface area (Å²) in [6, 6.07) is 16.0. The summed E-state index contributed by atoms with van der Waals surface area (Å²) in [6.07, 6.45) is 7.20. The molecule has 0 atom stereocenters. The molecule has 0 fully saturated rings. The molecule has 3 rings (SSSR count). The normalized spacial score (nSPS) is 10.4. The van der Waals surface area contributed by atoms with E-state index in [2.05, 4.69) is 40.7 Å². The Balaban J connectivity index is 1.82. The van der Waals surface area contributed by atoms with Gasteiger partial charge in [0.25, 0.3) is 0 Å². The molecule has 3 aromatic rings. The molecule has 3 heteroatoms. The Kier molecular flexibility index (Phi) is 3.75. The second kappa shape index (κ2) is 5.85. The molecule has 0 saturated heterocycles. The Labute approximate surface area is 123 Å². The minimum absolute atomic E-state index is 0.757. The van der Waals surface area contributed by atoms with Crippen molar-refractivity contribution in [3.05, 3.63) is 89.8 Å². The Hall–Kier alpha value is -2.19. The van der Waals surface area contributed by atoms with Crippen molar-refractivity contribution < 1.29 is 0 Å². The van der Waals surface area contributed by atoms with Gasteiger partial charge in [0, 0.05) is 29.4 Å². The average molecular weight is 280 g/mol. The molecule has 0 bridgehead atoms. The largest absolute Gasteiger partial charge is 0.244 e. The van der Waals surface area contributed by atoms with Gasteiger partial charge in [0.05, 0.1) is 0 Å². The fourth-order valence-corrected chi connectivity index (χ4v) is 2.18. The predicted octanol–water partition coefficient (Wildman–Crippen LogP) is 4.40. The molecule has 1 radical (unpaired) electrons. The van der Waals surface area contributed by atoms with Crippen molar-refractivity contribution in [2.24, 2.45) is 0 Å². The quantitative estimate of drug-likeness (QED) is 0.710. The molecule has 0 aliphatic carbocycles. The highest BCUT2D eigenvalue weighted by molar-refractivity contribution is 6.31. The van der Waals surface area contributed by atoms with Crippen LogP contribution in [0.15, 0.2) is 67.3 Å². The first-order valence-corrected chi connectivity index (χ1v) is 6.65. The van der Waals surface area contributed by atoms with Crippen LogP contribution >= 0.6 is 11.6 Å². The van der Waals surface area contributed by atoms with Crippen LogP contribution in [-0.2, 0) is 0 Å². The third-order valence-electron chi connectivity index (χ3n) is 3.03. The predicted molar refractivity (Wildman–Crippen MR) is 81.4 cm³/mol. The Bertz CT molecular complexity index is 694. The summed E-state index contributed by atoms with van der Waals surface area (Å²) >= 11 is 6.15.